The molecule has 2 N–H and O–H groups in total. The summed E-state index contributed by atoms with van der Waals surface area (Å²) in [6.07, 6.45) is 1.64. The summed E-state index contributed by atoms with van der Waals surface area (Å²) in [5, 5.41) is 3.79. The molecule has 2 rings (SSSR count). The van der Waals surface area contributed by atoms with Crippen LogP contribution in [0.4, 0.5) is 4.39 Å². The normalized spacial score (nSPS) is 14.4. The summed E-state index contributed by atoms with van der Waals surface area (Å²) in [6.45, 7) is 3.86. The monoisotopic (exact) mass is 249 g/mol. The van der Waals surface area contributed by atoms with Crippen LogP contribution >= 0.6 is 0 Å². The summed E-state index contributed by atoms with van der Waals surface area (Å²) < 4.78 is 18.7. The zero-order valence-electron chi connectivity index (χ0n) is 10.5. The topological polar surface area (TPSA) is 64.9 Å². The first-order valence-electron chi connectivity index (χ1n) is 5.92. The van der Waals surface area contributed by atoms with Crippen LogP contribution < -0.4 is 5.73 Å². The first-order valence-corrected chi connectivity index (χ1v) is 5.92. The van der Waals surface area contributed by atoms with Crippen molar-refractivity contribution < 1.29 is 8.91 Å². The van der Waals surface area contributed by atoms with Gasteiger partial charge in [-0.3, -0.25) is 0 Å². The molecule has 0 amide bonds. The average molecular weight is 249 g/mol. The Bertz CT molecular complexity index is 537. The highest BCUT2D eigenvalue weighted by Gasteiger charge is 2.27. The van der Waals surface area contributed by atoms with Gasteiger partial charge in [-0.15, -0.1) is 0 Å². The molecule has 4 nitrogen and oxygen atoms in total. The van der Waals surface area contributed by atoms with Gasteiger partial charge < -0.3 is 10.3 Å². The van der Waals surface area contributed by atoms with Crippen LogP contribution in [-0.2, 0) is 5.54 Å². The van der Waals surface area contributed by atoms with Crippen LogP contribution in [-0.4, -0.2) is 10.1 Å². The molecule has 0 spiro atoms. The Labute approximate surface area is 105 Å². The van der Waals surface area contributed by atoms with Gasteiger partial charge >= 0.3 is 0 Å². The quantitative estimate of drug-likeness (QED) is 0.904. The highest BCUT2D eigenvalue weighted by atomic mass is 19.1. The smallest absolute Gasteiger partial charge is 0.246 e. The zero-order chi connectivity index (χ0) is 13.2. The van der Waals surface area contributed by atoms with Gasteiger partial charge in [0.15, 0.2) is 0 Å². The van der Waals surface area contributed by atoms with Gasteiger partial charge in [-0.05, 0) is 25.5 Å². The molecule has 0 fully saturated rings. The lowest BCUT2D eigenvalue weighted by Crippen LogP contribution is -2.33. The second-order valence-corrected chi connectivity index (χ2v) is 4.57. The molecule has 0 radical (unpaired) electrons. The number of nitrogens with two attached hydrogens (primary N) is 1. The standard InChI is InChI=1S/C13H16FN3O/c1-3-8-13(2,15)12-16-11(17-18-12)9-6-4-5-7-10(9)14/h4-7H,3,8,15H2,1-2H3. The van der Waals surface area contributed by atoms with Gasteiger partial charge in [0, 0.05) is 0 Å². The zero-order valence-corrected chi connectivity index (χ0v) is 10.5. The lowest BCUT2D eigenvalue weighted by molar-refractivity contribution is 0.284. The van der Waals surface area contributed by atoms with E-state index in [1.807, 2.05) is 13.8 Å². The van der Waals surface area contributed by atoms with Crippen molar-refractivity contribution in [3.8, 4) is 11.4 Å². The molecule has 0 saturated heterocycles. The van der Waals surface area contributed by atoms with Crippen LogP contribution in [0, 0.1) is 5.82 Å². The molecule has 0 aliphatic carbocycles. The SMILES string of the molecule is CCCC(C)(N)c1nc(-c2ccccc2F)no1. The van der Waals surface area contributed by atoms with Crippen molar-refractivity contribution in [3.63, 3.8) is 0 Å². The van der Waals surface area contributed by atoms with E-state index in [2.05, 4.69) is 10.1 Å². The van der Waals surface area contributed by atoms with E-state index < -0.39 is 5.54 Å². The molecule has 2 aromatic rings. The molecular formula is C13H16FN3O. The van der Waals surface area contributed by atoms with Crippen LogP contribution in [0.15, 0.2) is 28.8 Å². The van der Waals surface area contributed by atoms with Gasteiger partial charge in [0.05, 0.1) is 11.1 Å². The summed E-state index contributed by atoms with van der Waals surface area (Å²) in [6, 6.07) is 6.31. The van der Waals surface area contributed by atoms with Crippen molar-refractivity contribution in [2.45, 2.75) is 32.2 Å². The lowest BCUT2D eigenvalue weighted by atomic mass is 9.98. The Morgan fingerprint density at radius 3 is 2.78 bits per heavy atom. The molecule has 0 bridgehead atoms. The van der Waals surface area contributed by atoms with Gasteiger partial charge in [0.25, 0.3) is 0 Å². The van der Waals surface area contributed by atoms with E-state index in [9.17, 15) is 4.39 Å². The third-order valence-corrected chi connectivity index (χ3v) is 2.80. The summed E-state index contributed by atoms with van der Waals surface area (Å²) >= 11 is 0. The van der Waals surface area contributed by atoms with E-state index in [0.717, 1.165) is 12.8 Å². The lowest BCUT2D eigenvalue weighted by Gasteiger charge is -2.18. The molecule has 18 heavy (non-hydrogen) atoms. The minimum Gasteiger partial charge on any atom is -0.337 e. The fourth-order valence-electron chi connectivity index (χ4n) is 1.83. The molecule has 0 aliphatic rings. The maximum Gasteiger partial charge on any atom is 0.246 e. The number of rotatable bonds is 4. The van der Waals surface area contributed by atoms with Crippen LogP contribution in [0.2, 0.25) is 0 Å². The number of halogens is 1. The Morgan fingerprint density at radius 2 is 2.11 bits per heavy atom. The van der Waals surface area contributed by atoms with Gasteiger partial charge in [0.1, 0.15) is 5.82 Å². The third-order valence-electron chi connectivity index (χ3n) is 2.80. The maximum absolute atomic E-state index is 13.6. The molecule has 0 saturated carbocycles. The molecule has 0 aliphatic heterocycles. The molecule has 96 valence electrons. The van der Waals surface area contributed by atoms with E-state index in [1.165, 1.54) is 6.07 Å². The van der Waals surface area contributed by atoms with E-state index in [1.54, 1.807) is 18.2 Å². The molecule has 5 heteroatoms. The summed E-state index contributed by atoms with van der Waals surface area (Å²) in [7, 11) is 0. The summed E-state index contributed by atoms with van der Waals surface area (Å²) in [5.74, 6) is 0.192. The molecule has 1 unspecified atom stereocenters. The van der Waals surface area contributed by atoms with Gasteiger partial charge in [-0.25, -0.2) is 4.39 Å². The molecular weight excluding hydrogens is 233 g/mol. The highest BCUT2D eigenvalue weighted by Crippen LogP contribution is 2.25. The van der Waals surface area contributed by atoms with Crippen molar-refractivity contribution in [1.82, 2.24) is 10.1 Å². The third kappa shape index (κ3) is 2.41. The summed E-state index contributed by atoms with van der Waals surface area (Å²) in [4.78, 5) is 4.19. The molecule has 1 aromatic carbocycles. The van der Waals surface area contributed by atoms with Crippen LogP contribution in [0.5, 0.6) is 0 Å². The van der Waals surface area contributed by atoms with Crippen LogP contribution in [0.25, 0.3) is 11.4 Å². The van der Waals surface area contributed by atoms with Crippen molar-refractivity contribution in [1.29, 1.82) is 0 Å². The van der Waals surface area contributed by atoms with E-state index in [0.29, 0.717) is 11.5 Å². The minimum absolute atomic E-state index is 0.232. The van der Waals surface area contributed by atoms with Crippen molar-refractivity contribution >= 4 is 0 Å². The Kier molecular flexibility index (Phi) is 3.43. The Balaban J connectivity index is 2.34. The first kappa shape index (κ1) is 12.7. The summed E-state index contributed by atoms with van der Waals surface area (Å²) in [5.41, 5.74) is 5.73. The van der Waals surface area contributed by atoms with Crippen molar-refractivity contribution in [3.05, 3.63) is 36.0 Å². The molecule has 1 heterocycles. The Hall–Kier alpha value is -1.75. The number of aromatic nitrogens is 2. The largest absolute Gasteiger partial charge is 0.337 e. The molecule has 1 aromatic heterocycles. The highest BCUT2D eigenvalue weighted by molar-refractivity contribution is 5.54. The minimum atomic E-state index is -0.675. The van der Waals surface area contributed by atoms with Gasteiger partial charge in [-0.2, -0.15) is 4.98 Å². The number of benzene rings is 1. The predicted octanol–water partition coefficient (Wildman–Crippen LogP) is 2.85. The van der Waals surface area contributed by atoms with E-state index >= 15 is 0 Å². The fraction of sp³-hybridized carbons (Fsp3) is 0.385. The molecule has 1 atom stereocenters. The van der Waals surface area contributed by atoms with E-state index in [-0.39, 0.29) is 11.6 Å². The van der Waals surface area contributed by atoms with Crippen LogP contribution in [0.1, 0.15) is 32.6 Å². The Morgan fingerprint density at radius 1 is 1.39 bits per heavy atom. The van der Waals surface area contributed by atoms with E-state index in [4.69, 9.17) is 10.3 Å². The number of hydrogen-bond acceptors (Lipinski definition) is 4. The second-order valence-electron chi connectivity index (χ2n) is 4.57. The van der Waals surface area contributed by atoms with Gasteiger partial charge in [0.2, 0.25) is 11.7 Å². The predicted molar refractivity (Wildman–Crippen MR) is 66.1 cm³/mol. The van der Waals surface area contributed by atoms with Crippen molar-refractivity contribution in [2.24, 2.45) is 5.73 Å². The second kappa shape index (κ2) is 4.86. The fourth-order valence-corrected chi connectivity index (χ4v) is 1.83. The van der Waals surface area contributed by atoms with Gasteiger partial charge in [-0.1, -0.05) is 30.6 Å². The average Bonchev–Trinajstić information content (AvgIpc) is 2.79. The number of nitrogens with zero attached hydrogens (tertiary/aromatic N) is 2. The van der Waals surface area contributed by atoms with Crippen LogP contribution in [0.3, 0.4) is 0 Å². The number of hydrogen-bond donors (Lipinski definition) is 1. The van der Waals surface area contributed by atoms with Crippen molar-refractivity contribution in [2.75, 3.05) is 0 Å². The first-order chi connectivity index (χ1) is 8.54. The maximum atomic E-state index is 13.6.